The van der Waals surface area contributed by atoms with Crippen LogP contribution in [-0.4, -0.2) is 39.3 Å². The number of carbonyl (C=O) groups is 1. The van der Waals surface area contributed by atoms with Gasteiger partial charge in [-0.05, 0) is 13.3 Å². The maximum atomic E-state index is 11.8. The Morgan fingerprint density at radius 3 is 2.69 bits per heavy atom. The summed E-state index contributed by atoms with van der Waals surface area (Å²) in [7, 11) is -3.54. The monoisotopic (exact) mass is 250 g/mol. The van der Waals surface area contributed by atoms with Crippen LogP contribution in [0, 0.1) is 5.41 Å². The first-order chi connectivity index (χ1) is 7.32. The minimum atomic E-state index is -3.54. The second kappa shape index (κ2) is 4.68. The Kier molecular flexibility index (Phi) is 3.92. The number of carbonyl (C=O) groups excluding carboxylic acids is 1. The van der Waals surface area contributed by atoms with Crippen molar-refractivity contribution >= 4 is 15.9 Å². The summed E-state index contributed by atoms with van der Waals surface area (Å²) in [4.78, 5) is 11.8. The summed E-state index contributed by atoms with van der Waals surface area (Å²) in [6.07, 6.45) is 0.460. The number of hydrogen-bond donors (Lipinski definition) is 2. The van der Waals surface area contributed by atoms with E-state index in [2.05, 4.69) is 0 Å². The summed E-state index contributed by atoms with van der Waals surface area (Å²) in [5.41, 5.74) is 4.77. The van der Waals surface area contributed by atoms with Crippen LogP contribution in [0.3, 0.4) is 0 Å². The van der Waals surface area contributed by atoms with Crippen molar-refractivity contribution in [1.82, 2.24) is 4.72 Å². The molecule has 6 nitrogen and oxygen atoms in total. The van der Waals surface area contributed by atoms with Crippen LogP contribution in [0.1, 0.15) is 20.3 Å². The van der Waals surface area contributed by atoms with Crippen molar-refractivity contribution in [3.63, 3.8) is 0 Å². The highest BCUT2D eigenvalue weighted by Gasteiger charge is 2.45. The van der Waals surface area contributed by atoms with Gasteiger partial charge in [-0.2, -0.15) is 0 Å². The smallest absolute Gasteiger partial charge is 0.243 e. The summed E-state index contributed by atoms with van der Waals surface area (Å²) in [6.45, 7) is 3.77. The third-order valence-electron chi connectivity index (χ3n) is 2.76. The van der Waals surface area contributed by atoms with E-state index in [1.165, 1.54) is 0 Å². The average molecular weight is 250 g/mol. The molecule has 1 rings (SSSR count). The maximum Gasteiger partial charge on any atom is 0.243 e. The van der Waals surface area contributed by atoms with Gasteiger partial charge in [0, 0.05) is 6.04 Å². The predicted molar refractivity (Wildman–Crippen MR) is 59.1 cm³/mol. The van der Waals surface area contributed by atoms with Gasteiger partial charge in [0.25, 0.3) is 0 Å². The van der Waals surface area contributed by atoms with Crippen LogP contribution in [0.25, 0.3) is 0 Å². The zero-order chi connectivity index (χ0) is 12.4. The summed E-state index contributed by atoms with van der Waals surface area (Å²) in [6, 6.07) is -0.468. The number of nitrogens with one attached hydrogen (secondary N) is 1. The molecule has 2 atom stereocenters. The Labute approximate surface area is 95.6 Å². The maximum absolute atomic E-state index is 11.8. The van der Waals surface area contributed by atoms with Crippen LogP contribution >= 0.6 is 0 Å². The molecule has 7 heteroatoms. The van der Waals surface area contributed by atoms with Gasteiger partial charge in [0.2, 0.25) is 15.9 Å². The highest BCUT2D eigenvalue weighted by atomic mass is 32.2. The molecule has 1 aliphatic heterocycles. The van der Waals surface area contributed by atoms with E-state index in [1.54, 1.807) is 13.8 Å². The van der Waals surface area contributed by atoms with Crippen LogP contribution < -0.4 is 10.5 Å². The normalized spacial score (nSPS) is 30.3. The average Bonchev–Trinajstić information content (AvgIpc) is 2.47. The first-order valence-electron chi connectivity index (χ1n) is 5.20. The van der Waals surface area contributed by atoms with E-state index in [9.17, 15) is 13.2 Å². The molecule has 1 saturated heterocycles. The number of hydrogen-bond acceptors (Lipinski definition) is 5. The molecule has 0 aliphatic carbocycles. The molecule has 0 saturated carbocycles. The van der Waals surface area contributed by atoms with Crippen molar-refractivity contribution in [3.05, 3.63) is 0 Å². The van der Waals surface area contributed by atoms with Crippen molar-refractivity contribution < 1.29 is 17.9 Å². The molecule has 1 amide bonds. The lowest BCUT2D eigenvalue weighted by Gasteiger charge is -2.25. The Morgan fingerprint density at radius 2 is 2.25 bits per heavy atom. The minimum absolute atomic E-state index is 0.0646. The molecule has 0 aromatic carbocycles. The van der Waals surface area contributed by atoms with Crippen LogP contribution in [0.2, 0.25) is 0 Å². The Hall–Kier alpha value is -0.660. The standard InChI is InChI=1S/C9H18N2O4S/c1-3-4-16(13,14)11-8(12)9(2)6-15-5-7(9)10/h7H,3-6,10H2,1-2H3,(H,11,12). The van der Waals surface area contributed by atoms with Gasteiger partial charge in [0.1, 0.15) is 0 Å². The fourth-order valence-electron chi connectivity index (χ4n) is 1.50. The number of nitrogens with two attached hydrogens (primary N) is 1. The van der Waals surface area contributed by atoms with E-state index in [4.69, 9.17) is 10.5 Å². The predicted octanol–water partition coefficient (Wildman–Crippen LogP) is -0.794. The highest BCUT2D eigenvalue weighted by molar-refractivity contribution is 7.90. The number of amides is 1. The Morgan fingerprint density at radius 1 is 1.62 bits per heavy atom. The van der Waals surface area contributed by atoms with Crippen LogP contribution in [-0.2, 0) is 19.6 Å². The van der Waals surface area contributed by atoms with E-state index in [0.29, 0.717) is 6.42 Å². The summed E-state index contributed by atoms with van der Waals surface area (Å²) >= 11 is 0. The zero-order valence-corrected chi connectivity index (χ0v) is 10.3. The van der Waals surface area contributed by atoms with Gasteiger partial charge in [-0.15, -0.1) is 0 Å². The summed E-state index contributed by atoms with van der Waals surface area (Å²) in [5, 5.41) is 0. The second-order valence-electron chi connectivity index (χ2n) is 4.29. The minimum Gasteiger partial charge on any atom is -0.379 e. The fourth-order valence-corrected chi connectivity index (χ4v) is 2.66. The van der Waals surface area contributed by atoms with Gasteiger partial charge in [-0.1, -0.05) is 6.92 Å². The molecule has 0 radical (unpaired) electrons. The molecule has 1 fully saturated rings. The second-order valence-corrected chi connectivity index (χ2v) is 6.13. The van der Waals surface area contributed by atoms with Crippen molar-refractivity contribution in [1.29, 1.82) is 0 Å². The molecule has 0 bridgehead atoms. The molecule has 2 unspecified atom stereocenters. The van der Waals surface area contributed by atoms with Gasteiger partial charge < -0.3 is 10.5 Å². The SMILES string of the molecule is CCCS(=O)(=O)NC(=O)C1(C)COCC1N. The van der Waals surface area contributed by atoms with Crippen LogP contribution in [0.4, 0.5) is 0 Å². The first-order valence-corrected chi connectivity index (χ1v) is 6.85. The largest absolute Gasteiger partial charge is 0.379 e. The van der Waals surface area contributed by atoms with Gasteiger partial charge in [-0.3, -0.25) is 9.52 Å². The third-order valence-corrected chi connectivity index (χ3v) is 4.20. The van der Waals surface area contributed by atoms with Crippen molar-refractivity contribution in [2.75, 3.05) is 19.0 Å². The molecule has 1 heterocycles. The summed E-state index contributed by atoms with van der Waals surface area (Å²) < 4.78 is 30.0. The zero-order valence-electron chi connectivity index (χ0n) is 9.52. The van der Waals surface area contributed by atoms with E-state index < -0.39 is 27.4 Å². The molecule has 16 heavy (non-hydrogen) atoms. The van der Waals surface area contributed by atoms with Crippen molar-refractivity contribution in [3.8, 4) is 0 Å². The number of sulfonamides is 1. The van der Waals surface area contributed by atoms with Crippen LogP contribution in [0.15, 0.2) is 0 Å². The highest BCUT2D eigenvalue weighted by Crippen LogP contribution is 2.27. The third kappa shape index (κ3) is 2.72. The number of rotatable bonds is 4. The fraction of sp³-hybridized carbons (Fsp3) is 0.889. The van der Waals surface area contributed by atoms with E-state index in [1.807, 2.05) is 4.72 Å². The van der Waals surface area contributed by atoms with E-state index in [-0.39, 0.29) is 19.0 Å². The summed E-state index contributed by atoms with van der Waals surface area (Å²) in [5.74, 6) is -0.642. The molecule has 0 aromatic heterocycles. The molecule has 0 spiro atoms. The molecule has 0 aromatic rings. The Balaban J connectivity index is 2.72. The quantitative estimate of drug-likeness (QED) is 0.681. The van der Waals surface area contributed by atoms with Gasteiger partial charge in [-0.25, -0.2) is 8.42 Å². The van der Waals surface area contributed by atoms with Gasteiger partial charge in [0.15, 0.2) is 0 Å². The Bertz CT molecular complexity index is 368. The van der Waals surface area contributed by atoms with Crippen molar-refractivity contribution in [2.45, 2.75) is 26.3 Å². The molecular formula is C9H18N2O4S. The molecule has 1 aliphatic rings. The molecule has 3 N–H and O–H groups in total. The van der Waals surface area contributed by atoms with E-state index >= 15 is 0 Å². The first kappa shape index (κ1) is 13.4. The van der Waals surface area contributed by atoms with E-state index in [0.717, 1.165) is 0 Å². The van der Waals surface area contributed by atoms with Crippen molar-refractivity contribution in [2.24, 2.45) is 11.1 Å². The topological polar surface area (TPSA) is 98.5 Å². The van der Waals surface area contributed by atoms with Gasteiger partial charge >= 0.3 is 0 Å². The molecule has 94 valence electrons. The number of ether oxygens (including phenoxy) is 1. The lowest BCUT2D eigenvalue weighted by atomic mass is 9.85. The lowest BCUT2D eigenvalue weighted by Crippen LogP contribution is -2.51. The lowest BCUT2D eigenvalue weighted by molar-refractivity contribution is -0.128. The molecular weight excluding hydrogens is 232 g/mol. The van der Waals surface area contributed by atoms with Gasteiger partial charge in [0.05, 0.1) is 24.4 Å². The van der Waals surface area contributed by atoms with Crippen LogP contribution in [0.5, 0.6) is 0 Å².